The van der Waals surface area contributed by atoms with Gasteiger partial charge < -0.3 is 14.4 Å². The minimum absolute atomic E-state index is 0.0489. The maximum atomic E-state index is 12.7. The van der Waals surface area contributed by atoms with E-state index in [1.807, 2.05) is 64.9 Å². The second-order valence-electron chi connectivity index (χ2n) is 6.20. The third-order valence-electron chi connectivity index (χ3n) is 4.42. The van der Waals surface area contributed by atoms with Gasteiger partial charge in [-0.05, 0) is 36.8 Å². The van der Waals surface area contributed by atoms with Gasteiger partial charge in [-0.1, -0.05) is 36.0 Å². The Labute approximate surface area is 167 Å². The van der Waals surface area contributed by atoms with Crippen LogP contribution in [0.5, 0.6) is 11.5 Å². The summed E-state index contributed by atoms with van der Waals surface area (Å²) in [7, 11) is 0. The molecule has 0 saturated carbocycles. The lowest BCUT2D eigenvalue weighted by molar-refractivity contribution is -0.128. The molecule has 0 aliphatic carbocycles. The van der Waals surface area contributed by atoms with E-state index < -0.39 is 0 Å². The average molecular weight is 396 g/mol. The second-order valence-corrected chi connectivity index (χ2v) is 7.15. The molecule has 0 atom stereocenters. The predicted octanol–water partition coefficient (Wildman–Crippen LogP) is 3.14. The molecule has 3 aromatic rings. The molecular formula is C20H20N4O3S. The lowest BCUT2D eigenvalue weighted by atomic mass is 10.2. The molecule has 2 heterocycles. The molecule has 1 aliphatic rings. The van der Waals surface area contributed by atoms with Crippen LogP contribution < -0.4 is 9.47 Å². The molecule has 0 saturated heterocycles. The first-order valence-electron chi connectivity index (χ1n) is 8.99. The molecule has 0 N–H and O–H groups in total. The molecule has 0 fully saturated rings. The van der Waals surface area contributed by atoms with Gasteiger partial charge in [-0.3, -0.25) is 9.36 Å². The first-order valence-corrected chi connectivity index (χ1v) is 9.97. The largest absolute Gasteiger partial charge is 0.454 e. The smallest absolute Gasteiger partial charge is 0.233 e. The van der Waals surface area contributed by atoms with E-state index in [9.17, 15) is 4.79 Å². The van der Waals surface area contributed by atoms with Gasteiger partial charge in [0.2, 0.25) is 12.7 Å². The van der Waals surface area contributed by atoms with E-state index in [-0.39, 0.29) is 12.7 Å². The number of amides is 1. The Morgan fingerprint density at radius 2 is 2.00 bits per heavy atom. The fourth-order valence-electron chi connectivity index (χ4n) is 2.94. The maximum Gasteiger partial charge on any atom is 0.233 e. The Balaban J connectivity index is 1.40. The maximum absolute atomic E-state index is 12.7. The molecule has 2 aromatic carbocycles. The number of carbonyl (C=O) groups is 1. The molecule has 0 radical (unpaired) electrons. The normalized spacial score (nSPS) is 12.2. The molecule has 1 aromatic heterocycles. The first kappa shape index (κ1) is 18.4. The number of nitrogens with zero attached hydrogens (tertiary/aromatic N) is 4. The quantitative estimate of drug-likeness (QED) is 0.572. The van der Waals surface area contributed by atoms with E-state index in [1.54, 1.807) is 6.33 Å². The van der Waals surface area contributed by atoms with Crippen LogP contribution in [0.4, 0.5) is 0 Å². The number of ether oxygens (including phenoxy) is 2. The van der Waals surface area contributed by atoms with Gasteiger partial charge in [-0.2, -0.15) is 0 Å². The summed E-state index contributed by atoms with van der Waals surface area (Å²) in [6.45, 7) is 3.37. The SMILES string of the molecule is CCN(Cc1ccc2c(c1)OCO2)C(=O)CSc1nncn1-c1ccccc1. The number of fused-ring (bicyclic) bond motifs is 1. The molecule has 1 amide bonds. The van der Waals surface area contributed by atoms with Gasteiger partial charge in [0.1, 0.15) is 6.33 Å². The topological polar surface area (TPSA) is 69.5 Å². The number of thioether (sulfide) groups is 1. The monoisotopic (exact) mass is 396 g/mol. The highest BCUT2D eigenvalue weighted by molar-refractivity contribution is 7.99. The summed E-state index contributed by atoms with van der Waals surface area (Å²) in [5.74, 6) is 1.82. The van der Waals surface area contributed by atoms with Crippen molar-refractivity contribution in [1.82, 2.24) is 19.7 Å². The molecule has 0 unspecified atom stereocenters. The number of hydrogen-bond donors (Lipinski definition) is 0. The lowest BCUT2D eigenvalue weighted by Gasteiger charge is -2.21. The third-order valence-corrected chi connectivity index (χ3v) is 5.35. The van der Waals surface area contributed by atoms with E-state index in [0.29, 0.717) is 24.0 Å². The van der Waals surface area contributed by atoms with Crippen molar-refractivity contribution in [3.63, 3.8) is 0 Å². The number of para-hydroxylation sites is 1. The molecule has 144 valence electrons. The Bertz CT molecular complexity index is 961. The van der Waals surface area contributed by atoms with E-state index in [0.717, 1.165) is 22.7 Å². The molecule has 4 rings (SSSR count). The Morgan fingerprint density at radius 3 is 2.82 bits per heavy atom. The standard InChI is InChI=1S/C20H20N4O3S/c1-2-23(11-15-8-9-17-18(10-15)27-14-26-17)19(25)12-28-20-22-21-13-24(20)16-6-4-3-5-7-16/h3-10,13H,2,11-12,14H2,1H3. The van der Waals surface area contributed by atoms with Crippen LogP contribution in [-0.2, 0) is 11.3 Å². The van der Waals surface area contributed by atoms with Gasteiger partial charge in [-0.15, -0.1) is 10.2 Å². The summed E-state index contributed by atoms with van der Waals surface area (Å²) in [5.41, 5.74) is 1.98. The highest BCUT2D eigenvalue weighted by Crippen LogP contribution is 2.32. The van der Waals surface area contributed by atoms with Crippen LogP contribution in [0.25, 0.3) is 5.69 Å². The Morgan fingerprint density at radius 1 is 1.18 bits per heavy atom. The summed E-state index contributed by atoms with van der Waals surface area (Å²) in [6, 6.07) is 15.6. The third kappa shape index (κ3) is 3.96. The summed E-state index contributed by atoms with van der Waals surface area (Å²) in [4.78, 5) is 14.6. The van der Waals surface area contributed by atoms with Gasteiger partial charge in [-0.25, -0.2) is 0 Å². The first-order chi connectivity index (χ1) is 13.7. The number of hydrogen-bond acceptors (Lipinski definition) is 6. The van der Waals surface area contributed by atoms with Gasteiger partial charge in [0.25, 0.3) is 0 Å². The predicted molar refractivity (Wildman–Crippen MR) is 106 cm³/mol. The van der Waals surface area contributed by atoms with Crippen molar-refractivity contribution in [1.29, 1.82) is 0 Å². The molecular weight excluding hydrogens is 376 g/mol. The molecule has 1 aliphatic heterocycles. The zero-order valence-electron chi connectivity index (χ0n) is 15.4. The van der Waals surface area contributed by atoms with Crippen molar-refractivity contribution < 1.29 is 14.3 Å². The van der Waals surface area contributed by atoms with Crippen LogP contribution in [0.3, 0.4) is 0 Å². The summed E-state index contributed by atoms with van der Waals surface area (Å²) >= 11 is 1.38. The van der Waals surface area contributed by atoms with Crippen molar-refractivity contribution >= 4 is 17.7 Å². The van der Waals surface area contributed by atoms with Crippen LogP contribution >= 0.6 is 11.8 Å². The highest BCUT2D eigenvalue weighted by Gasteiger charge is 2.18. The fourth-order valence-corrected chi connectivity index (χ4v) is 3.77. The average Bonchev–Trinajstić information content (AvgIpc) is 3.39. The minimum Gasteiger partial charge on any atom is -0.454 e. The molecule has 7 nitrogen and oxygen atoms in total. The minimum atomic E-state index is 0.0489. The van der Waals surface area contributed by atoms with Gasteiger partial charge in [0.05, 0.1) is 5.75 Å². The van der Waals surface area contributed by atoms with Gasteiger partial charge in [0.15, 0.2) is 16.7 Å². The van der Waals surface area contributed by atoms with Crippen LogP contribution in [0.1, 0.15) is 12.5 Å². The molecule has 8 heteroatoms. The summed E-state index contributed by atoms with van der Waals surface area (Å²) in [6.07, 6.45) is 1.66. The van der Waals surface area contributed by atoms with Crippen LogP contribution in [0.2, 0.25) is 0 Å². The molecule has 0 bridgehead atoms. The number of aromatic nitrogens is 3. The van der Waals surface area contributed by atoms with Crippen molar-refractivity contribution in [3.8, 4) is 17.2 Å². The molecule has 0 spiro atoms. The zero-order chi connectivity index (χ0) is 19.3. The van der Waals surface area contributed by atoms with Crippen molar-refractivity contribution in [2.75, 3.05) is 19.1 Å². The van der Waals surface area contributed by atoms with Crippen LogP contribution in [-0.4, -0.2) is 44.7 Å². The summed E-state index contributed by atoms with van der Waals surface area (Å²) in [5, 5.41) is 8.82. The Kier molecular flexibility index (Phi) is 5.48. The number of rotatable bonds is 7. The van der Waals surface area contributed by atoms with Crippen LogP contribution in [0, 0.1) is 0 Å². The number of carbonyl (C=O) groups excluding carboxylic acids is 1. The fraction of sp³-hybridized carbons (Fsp3) is 0.250. The van der Waals surface area contributed by atoms with Crippen molar-refractivity contribution in [2.45, 2.75) is 18.6 Å². The molecule has 28 heavy (non-hydrogen) atoms. The second kappa shape index (κ2) is 8.35. The van der Waals surface area contributed by atoms with Gasteiger partial charge in [0, 0.05) is 18.8 Å². The lowest BCUT2D eigenvalue weighted by Crippen LogP contribution is -2.31. The van der Waals surface area contributed by atoms with E-state index in [4.69, 9.17) is 9.47 Å². The van der Waals surface area contributed by atoms with E-state index in [2.05, 4.69) is 10.2 Å². The number of benzene rings is 2. The zero-order valence-corrected chi connectivity index (χ0v) is 16.3. The van der Waals surface area contributed by atoms with E-state index in [1.165, 1.54) is 11.8 Å². The van der Waals surface area contributed by atoms with Crippen molar-refractivity contribution in [3.05, 3.63) is 60.4 Å². The summed E-state index contributed by atoms with van der Waals surface area (Å²) < 4.78 is 12.6. The van der Waals surface area contributed by atoms with Gasteiger partial charge >= 0.3 is 0 Å². The highest BCUT2D eigenvalue weighted by atomic mass is 32.2. The van der Waals surface area contributed by atoms with Crippen molar-refractivity contribution in [2.24, 2.45) is 0 Å². The Hall–Kier alpha value is -3.00. The van der Waals surface area contributed by atoms with Crippen LogP contribution in [0.15, 0.2) is 60.0 Å². The van der Waals surface area contributed by atoms with E-state index >= 15 is 0 Å².